The predicted molar refractivity (Wildman–Crippen MR) is 50.4 cm³/mol. The van der Waals surface area contributed by atoms with E-state index in [4.69, 9.17) is 10.2 Å². The fourth-order valence-corrected chi connectivity index (χ4v) is 1.03. The number of fused-ring (bicyclic) bond motifs is 1. The number of carbonyl (C=O) groups is 2. The molecule has 1 aliphatic heterocycles. The average molecular weight is 210 g/mol. The van der Waals surface area contributed by atoms with Gasteiger partial charge in [-0.3, -0.25) is 0 Å². The zero-order valence-corrected chi connectivity index (χ0v) is 7.84. The van der Waals surface area contributed by atoms with E-state index in [0.29, 0.717) is 11.1 Å². The highest BCUT2D eigenvalue weighted by atomic mass is 16.6. The second kappa shape index (κ2) is 5.23. The molecule has 0 bridgehead atoms. The number of hydrogen-bond acceptors (Lipinski definition) is 5. The second-order valence-electron chi connectivity index (χ2n) is 2.67. The van der Waals surface area contributed by atoms with Gasteiger partial charge in [-0.05, 0) is 12.1 Å². The molecule has 1 aromatic rings. The summed E-state index contributed by atoms with van der Waals surface area (Å²) in [4.78, 5) is 21.7. The standard InChI is InChI=1S/C8H4O3.C2H6O2/c9-7-5-3-1-2-4-6(5)8(10)11-7;3-1-2-4/h1-4H;3-4H,1-2H2. The van der Waals surface area contributed by atoms with Crippen molar-refractivity contribution in [1.29, 1.82) is 0 Å². The van der Waals surface area contributed by atoms with Crippen LogP contribution in [0.4, 0.5) is 0 Å². The summed E-state index contributed by atoms with van der Waals surface area (Å²) in [7, 11) is 0. The largest absolute Gasteiger partial charge is 0.394 e. The molecule has 2 N–H and O–H groups in total. The third-order valence-electron chi connectivity index (χ3n) is 1.65. The van der Waals surface area contributed by atoms with Crippen LogP contribution in [0.2, 0.25) is 0 Å². The van der Waals surface area contributed by atoms with E-state index < -0.39 is 11.9 Å². The molecule has 1 aromatic carbocycles. The van der Waals surface area contributed by atoms with Gasteiger partial charge in [0.25, 0.3) is 0 Å². The molecule has 15 heavy (non-hydrogen) atoms. The number of benzene rings is 1. The Labute approximate surface area is 85.9 Å². The number of aliphatic hydroxyl groups is 2. The van der Waals surface area contributed by atoms with Gasteiger partial charge in [-0.1, -0.05) is 12.1 Å². The molecule has 0 atom stereocenters. The molecule has 0 unspecified atom stereocenters. The van der Waals surface area contributed by atoms with E-state index in [-0.39, 0.29) is 13.2 Å². The number of carbonyl (C=O) groups excluding carboxylic acids is 2. The van der Waals surface area contributed by atoms with Crippen LogP contribution in [0.25, 0.3) is 0 Å². The molecule has 0 spiro atoms. The summed E-state index contributed by atoms with van der Waals surface area (Å²) in [6.07, 6.45) is 0. The smallest absolute Gasteiger partial charge is 0.346 e. The van der Waals surface area contributed by atoms with Crippen LogP contribution in [0, 0.1) is 0 Å². The van der Waals surface area contributed by atoms with Gasteiger partial charge in [0, 0.05) is 0 Å². The van der Waals surface area contributed by atoms with Crippen LogP contribution in [0.1, 0.15) is 20.7 Å². The molecule has 5 nitrogen and oxygen atoms in total. The maximum absolute atomic E-state index is 10.8. The summed E-state index contributed by atoms with van der Waals surface area (Å²) in [5.74, 6) is -1.10. The van der Waals surface area contributed by atoms with E-state index in [9.17, 15) is 9.59 Å². The minimum Gasteiger partial charge on any atom is -0.394 e. The van der Waals surface area contributed by atoms with Crippen molar-refractivity contribution in [2.75, 3.05) is 13.2 Å². The van der Waals surface area contributed by atoms with Crippen LogP contribution in [-0.4, -0.2) is 35.4 Å². The van der Waals surface area contributed by atoms with Gasteiger partial charge in [-0.2, -0.15) is 0 Å². The Morgan fingerprint density at radius 3 is 1.67 bits per heavy atom. The maximum atomic E-state index is 10.8. The topological polar surface area (TPSA) is 83.8 Å². The minimum absolute atomic E-state index is 0.125. The molecule has 2 rings (SSSR count). The van der Waals surface area contributed by atoms with E-state index in [0.717, 1.165) is 0 Å². The van der Waals surface area contributed by atoms with Crippen molar-refractivity contribution in [1.82, 2.24) is 0 Å². The summed E-state index contributed by atoms with van der Waals surface area (Å²) < 4.78 is 4.35. The van der Waals surface area contributed by atoms with Gasteiger partial charge in [-0.15, -0.1) is 0 Å². The van der Waals surface area contributed by atoms with E-state index in [1.165, 1.54) is 0 Å². The van der Waals surface area contributed by atoms with Gasteiger partial charge >= 0.3 is 11.9 Å². The zero-order chi connectivity index (χ0) is 11.3. The fourth-order valence-electron chi connectivity index (χ4n) is 1.03. The van der Waals surface area contributed by atoms with Crippen molar-refractivity contribution in [2.24, 2.45) is 0 Å². The lowest BCUT2D eigenvalue weighted by molar-refractivity contribution is 0.0444. The lowest BCUT2D eigenvalue weighted by Crippen LogP contribution is -1.96. The van der Waals surface area contributed by atoms with Crippen molar-refractivity contribution in [3.05, 3.63) is 35.4 Å². The SMILES string of the molecule is O=C1OC(=O)c2ccccc21.OCCO. The molecule has 0 saturated carbocycles. The number of hydrogen-bond donors (Lipinski definition) is 2. The average Bonchev–Trinajstić information content (AvgIpc) is 2.56. The van der Waals surface area contributed by atoms with Gasteiger partial charge in [0.15, 0.2) is 0 Å². The molecule has 5 heteroatoms. The number of ether oxygens (including phenoxy) is 1. The molecule has 80 valence electrons. The normalized spacial score (nSPS) is 12.7. The van der Waals surface area contributed by atoms with E-state index in [1.54, 1.807) is 24.3 Å². The van der Waals surface area contributed by atoms with Crippen LogP contribution < -0.4 is 0 Å². The van der Waals surface area contributed by atoms with Gasteiger partial charge in [0.2, 0.25) is 0 Å². The fraction of sp³-hybridized carbons (Fsp3) is 0.200. The minimum atomic E-state index is -0.550. The first kappa shape index (κ1) is 11.4. The maximum Gasteiger partial charge on any atom is 0.346 e. The Balaban J connectivity index is 0.000000245. The molecule has 0 aromatic heterocycles. The number of esters is 2. The molecule has 0 aliphatic carbocycles. The first-order chi connectivity index (χ1) is 7.20. The lowest BCUT2D eigenvalue weighted by atomic mass is 10.1. The Morgan fingerprint density at radius 1 is 0.933 bits per heavy atom. The third-order valence-corrected chi connectivity index (χ3v) is 1.65. The van der Waals surface area contributed by atoms with Crippen LogP contribution in [0.5, 0.6) is 0 Å². The Bertz CT molecular complexity index is 337. The summed E-state index contributed by atoms with van der Waals surface area (Å²) in [5, 5.41) is 15.2. The summed E-state index contributed by atoms with van der Waals surface area (Å²) in [5.41, 5.74) is 0.718. The molecule has 0 saturated heterocycles. The first-order valence-electron chi connectivity index (χ1n) is 4.28. The summed E-state index contributed by atoms with van der Waals surface area (Å²) in [6, 6.07) is 6.53. The summed E-state index contributed by atoms with van der Waals surface area (Å²) in [6.45, 7) is -0.250. The second-order valence-corrected chi connectivity index (χ2v) is 2.67. The molecule has 1 heterocycles. The Morgan fingerprint density at radius 2 is 1.33 bits per heavy atom. The number of aliphatic hydroxyl groups excluding tert-OH is 2. The Hall–Kier alpha value is -1.72. The number of rotatable bonds is 1. The van der Waals surface area contributed by atoms with Crippen molar-refractivity contribution in [3.8, 4) is 0 Å². The molecule has 0 amide bonds. The molecule has 1 aliphatic rings. The van der Waals surface area contributed by atoms with Gasteiger partial charge < -0.3 is 14.9 Å². The van der Waals surface area contributed by atoms with Gasteiger partial charge in [0.05, 0.1) is 24.3 Å². The molecule has 0 radical (unpaired) electrons. The molecular weight excluding hydrogens is 200 g/mol. The van der Waals surface area contributed by atoms with Crippen LogP contribution >= 0.6 is 0 Å². The van der Waals surface area contributed by atoms with E-state index in [1.807, 2.05) is 0 Å². The highest BCUT2D eigenvalue weighted by molar-refractivity contribution is 6.14. The van der Waals surface area contributed by atoms with Gasteiger partial charge in [-0.25, -0.2) is 9.59 Å². The summed E-state index contributed by atoms with van der Waals surface area (Å²) >= 11 is 0. The van der Waals surface area contributed by atoms with Crippen molar-refractivity contribution in [2.45, 2.75) is 0 Å². The monoisotopic (exact) mass is 210 g/mol. The molecular formula is C10H10O5. The third kappa shape index (κ3) is 2.61. The van der Waals surface area contributed by atoms with Crippen molar-refractivity contribution >= 4 is 11.9 Å². The highest BCUT2D eigenvalue weighted by Gasteiger charge is 2.28. The first-order valence-corrected chi connectivity index (χ1v) is 4.28. The zero-order valence-electron chi connectivity index (χ0n) is 7.84. The van der Waals surface area contributed by atoms with Crippen LogP contribution in [0.15, 0.2) is 24.3 Å². The van der Waals surface area contributed by atoms with E-state index >= 15 is 0 Å². The lowest BCUT2D eigenvalue weighted by Gasteiger charge is -1.86. The van der Waals surface area contributed by atoms with Crippen molar-refractivity contribution in [3.63, 3.8) is 0 Å². The van der Waals surface area contributed by atoms with E-state index in [2.05, 4.69) is 4.74 Å². The van der Waals surface area contributed by atoms with Crippen molar-refractivity contribution < 1.29 is 24.5 Å². The van der Waals surface area contributed by atoms with Gasteiger partial charge in [0.1, 0.15) is 0 Å². The highest BCUT2D eigenvalue weighted by Crippen LogP contribution is 2.18. The predicted octanol–water partition coefficient (Wildman–Crippen LogP) is -0.0318. The number of cyclic esters (lactones) is 2. The van der Waals surface area contributed by atoms with Crippen LogP contribution in [-0.2, 0) is 4.74 Å². The van der Waals surface area contributed by atoms with Crippen LogP contribution in [0.3, 0.4) is 0 Å². The molecule has 0 fully saturated rings. The Kier molecular flexibility index (Phi) is 3.96. The quantitative estimate of drug-likeness (QED) is 0.502.